The molecule has 2 heterocycles. The van der Waals surface area contributed by atoms with E-state index in [1.54, 1.807) is 30.6 Å². The third-order valence-electron chi connectivity index (χ3n) is 5.11. The smallest absolute Gasteiger partial charge is 0.387 e. The van der Waals surface area contributed by atoms with Gasteiger partial charge in [-0.2, -0.15) is 8.78 Å². The van der Waals surface area contributed by atoms with Crippen molar-refractivity contribution in [2.24, 2.45) is 0 Å². The summed E-state index contributed by atoms with van der Waals surface area (Å²) in [6.07, 6.45) is 3.53. The number of hydrogen-bond acceptors (Lipinski definition) is 5. The van der Waals surface area contributed by atoms with Crippen LogP contribution >= 0.6 is 0 Å². The zero-order valence-electron chi connectivity index (χ0n) is 16.7. The molecule has 31 heavy (non-hydrogen) atoms. The molecule has 3 aromatic rings. The summed E-state index contributed by atoms with van der Waals surface area (Å²) in [6, 6.07) is 17.4. The number of aromatic nitrogens is 1. The Bertz CT molecular complexity index is 1010. The lowest BCUT2D eigenvalue weighted by Crippen LogP contribution is -2.48. The van der Waals surface area contributed by atoms with Crippen molar-refractivity contribution in [2.75, 3.05) is 36.4 Å². The van der Waals surface area contributed by atoms with E-state index in [9.17, 15) is 13.6 Å². The molecule has 1 aliphatic rings. The lowest BCUT2D eigenvalue weighted by atomic mass is 10.1. The first kappa shape index (κ1) is 20.6. The Labute approximate surface area is 179 Å². The standard InChI is InChI=1S/C23H22F2N4O2/c24-23(25)31-19-7-5-17(6-8-19)27-21-4-2-1-3-20(21)22(30)29-15-13-28(14-16-29)18-9-11-26-12-10-18/h1-12,23,27H,13-16H2. The van der Waals surface area contributed by atoms with Gasteiger partial charge in [-0.15, -0.1) is 0 Å². The zero-order chi connectivity index (χ0) is 21.6. The summed E-state index contributed by atoms with van der Waals surface area (Å²) in [4.78, 5) is 21.3. The van der Waals surface area contributed by atoms with E-state index < -0.39 is 6.61 Å². The third kappa shape index (κ3) is 5.09. The van der Waals surface area contributed by atoms with Gasteiger partial charge < -0.3 is 19.9 Å². The van der Waals surface area contributed by atoms with Gasteiger partial charge in [0.15, 0.2) is 0 Å². The maximum Gasteiger partial charge on any atom is 0.387 e. The SMILES string of the molecule is O=C(c1ccccc1Nc1ccc(OC(F)F)cc1)N1CCN(c2ccncc2)CC1. The van der Waals surface area contributed by atoms with Crippen LogP contribution in [0.2, 0.25) is 0 Å². The molecule has 0 spiro atoms. The molecule has 0 unspecified atom stereocenters. The zero-order valence-corrected chi connectivity index (χ0v) is 16.7. The van der Waals surface area contributed by atoms with Crippen LogP contribution in [0.3, 0.4) is 0 Å². The number of para-hydroxylation sites is 1. The van der Waals surface area contributed by atoms with Gasteiger partial charge in [0.25, 0.3) is 5.91 Å². The van der Waals surface area contributed by atoms with Crippen molar-refractivity contribution < 1.29 is 18.3 Å². The highest BCUT2D eigenvalue weighted by Gasteiger charge is 2.24. The fourth-order valence-corrected chi connectivity index (χ4v) is 3.55. The summed E-state index contributed by atoms with van der Waals surface area (Å²) in [7, 11) is 0. The number of hydrogen-bond donors (Lipinski definition) is 1. The first-order chi connectivity index (χ1) is 15.1. The number of ether oxygens (including phenoxy) is 1. The highest BCUT2D eigenvalue weighted by Crippen LogP contribution is 2.25. The van der Waals surface area contributed by atoms with E-state index in [0.29, 0.717) is 30.0 Å². The predicted octanol–water partition coefficient (Wildman–Crippen LogP) is 4.39. The second kappa shape index (κ2) is 9.42. The molecule has 1 aromatic heterocycles. The summed E-state index contributed by atoms with van der Waals surface area (Å²) in [6.45, 7) is -0.130. The molecule has 1 amide bonds. The lowest BCUT2D eigenvalue weighted by Gasteiger charge is -2.36. The number of anilines is 3. The first-order valence-corrected chi connectivity index (χ1v) is 9.95. The molecule has 1 N–H and O–H groups in total. The maximum absolute atomic E-state index is 13.2. The van der Waals surface area contributed by atoms with Gasteiger partial charge in [0.05, 0.1) is 11.3 Å². The highest BCUT2D eigenvalue weighted by molar-refractivity contribution is 6.00. The van der Waals surface area contributed by atoms with E-state index in [-0.39, 0.29) is 11.7 Å². The van der Waals surface area contributed by atoms with Crippen LogP contribution in [0.25, 0.3) is 0 Å². The number of nitrogens with zero attached hydrogens (tertiary/aromatic N) is 3. The van der Waals surface area contributed by atoms with E-state index >= 15 is 0 Å². The minimum atomic E-state index is -2.86. The Hall–Kier alpha value is -3.68. The molecule has 0 saturated carbocycles. The van der Waals surface area contributed by atoms with Crippen molar-refractivity contribution >= 4 is 23.0 Å². The average Bonchev–Trinajstić information content (AvgIpc) is 2.81. The van der Waals surface area contributed by atoms with E-state index in [1.165, 1.54) is 12.1 Å². The monoisotopic (exact) mass is 424 g/mol. The predicted molar refractivity (Wildman–Crippen MR) is 115 cm³/mol. The molecule has 160 valence electrons. The summed E-state index contributed by atoms with van der Waals surface area (Å²) in [5, 5.41) is 3.20. The maximum atomic E-state index is 13.2. The Balaban J connectivity index is 1.43. The van der Waals surface area contributed by atoms with Crippen LogP contribution in [0.1, 0.15) is 10.4 Å². The molecular weight excluding hydrogens is 402 g/mol. The summed E-state index contributed by atoms with van der Waals surface area (Å²) >= 11 is 0. The number of piperazine rings is 1. The topological polar surface area (TPSA) is 57.7 Å². The van der Waals surface area contributed by atoms with Gasteiger partial charge in [0.1, 0.15) is 5.75 Å². The molecule has 0 bridgehead atoms. The highest BCUT2D eigenvalue weighted by atomic mass is 19.3. The third-order valence-corrected chi connectivity index (χ3v) is 5.11. The molecule has 1 saturated heterocycles. The fraction of sp³-hybridized carbons (Fsp3) is 0.217. The normalized spacial score (nSPS) is 13.9. The average molecular weight is 424 g/mol. The van der Waals surface area contributed by atoms with Gasteiger partial charge in [-0.3, -0.25) is 9.78 Å². The van der Waals surface area contributed by atoms with Crippen LogP contribution in [0, 0.1) is 0 Å². The van der Waals surface area contributed by atoms with Crippen molar-refractivity contribution in [3.05, 3.63) is 78.6 Å². The van der Waals surface area contributed by atoms with Crippen LogP contribution in [-0.2, 0) is 0 Å². The van der Waals surface area contributed by atoms with Crippen LogP contribution in [-0.4, -0.2) is 48.6 Å². The number of pyridine rings is 1. The van der Waals surface area contributed by atoms with Crippen LogP contribution in [0.5, 0.6) is 5.75 Å². The molecular formula is C23H22F2N4O2. The number of nitrogens with one attached hydrogen (secondary N) is 1. The van der Waals surface area contributed by atoms with Crippen molar-refractivity contribution in [3.63, 3.8) is 0 Å². The summed E-state index contributed by atoms with van der Waals surface area (Å²) in [5.74, 6) is 0.0344. The van der Waals surface area contributed by atoms with Gasteiger partial charge in [0.2, 0.25) is 0 Å². The number of benzene rings is 2. The molecule has 1 fully saturated rings. The van der Waals surface area contributed by atoms with Crippen LogP contribution < -0.4 is 15.0 Å². The van der Waals surface area contributed by atoms with Crippen LogP contribution in [0.4, 0.5) is 25.8 Å². The van der Waals surface area contributed by atoms with Crippen LogP contribution in [0.15, 0.2) is 73.1 Å². The van der Waals surface area contributed by atoms with E-state index in [4.69, 9.17) is 0 Å². The second-order valence-corrected chi connectivity index (χ2v) is 7.06. The molecule has 0 aliphatic carbocycles. The Morgan fingerprint density at radius 2 is 1.61 bits per heavy atom. The molecule has 0 atom stereocenters. The van der Waals surface area contributed by atoms with Gasteiger partial charge in [-0.25, -0.2) is 0 Å². The van der Waals surface area contributed by atoms with Crippen molar-refractivity contribution in [2.45, 2.75) is 6.61 Å². The van der Waals surface area contributed by atoms with Gasteiger partial charge in [-0.1, -0.05) is 12.1 Å². The Morgan fingerprint density at radius 1 is 0.935 bits per heavy atom. The molecule has 6 nitrogen and oxygen atoms in total. The largest absolute Gasteiger partial charge is 0.435 e. The number of alkyl halides is 2. The number of rotatable bonds is 6. The molecule has 1 aliphatic heterocycles. The van der Waals surface area contributed by atoms with Crippen molar-refractivity contribution in [3.8, 4) is 5.75 Å². The quantitative estimate of drug-likeness (QED) is 0.636. The number of carbonyl (C=O) groups is 1. The molecule has 2 aromatic carbocycles. The van der Waals surface area contributed by atoms with Crippen molar-refractivity contribution in [1.82, 2.24) is 9.88 Å². The van der Waals surface area contributed by atoms with Gasteiger partial charge >= 0.3 is 6.61 Å². The minimum Gasteiger partial charge on any atom is -0.435 e. The van der Waals surface area contributed by atoms with Crippen molar-refractivity contribution in [1.29, 1.82) is 0 Å². The van der Waals surface area contributed by atoms with Gasteiger partial charge in [0, 0.05) is 49.9 Å². The molecule has 0 radical (unpaired) electrons. The summed E-state index contributed by atoms with van der Waals surface area (Å²) in [5.41, 5.74) is 2.99. The molecule has 4 rings (SSSR count). The number of amides is 1. The summed E-state index contributed by atoms with van der Waals surface area (Å²) < 4.78 is 29.0. The Kier molecular flexibility index (Phi) is 6.26. The van der Waals surface area contributed by atoms with Gasteiger partial charge in [-0.05, 0) is 48.5 Å². The first-order valence-electron chi connectivity index (χ1n) is 9.95. The fourth-order valence-electron chi connectivity index (χ4n) is 3.55. The second-order valence-electron chi connectivity index (χ2n) is 7.06. The Morgan fingerprint density at radius 3 is 2.29 bits per heavy atom. The number of carbonyl (C=O) groups excluding carboxylic acids is 1. The lowest BCUT2D eigenvalue weighted by molar-refractivity contribution is -0.0498. The minimum absolute atomic E-state index is 0.0462. The molecule has 8 heteroatoms. The van der Waals surface area contributed by atoms with E-state index in [0.717, 1.165) is 18.8 Å². The number of halogens is 2. The van der Waals surface area contributed by atoms with E-state index in [1.807, 2.05) is 35.2 Å². The van der Waals surface area contributed by atoms with E-state index in [2.05, 4.69) is 19.9 Å².